The summed E-state index contributed by atoms with van der Waals surface area (Å²) in [6.45, 7) is 0.752. The van der Waals surface area contributed by atoms with Crippen molar-refractivity contribution in [2.75, 3.05) is 26.0 Å². The van der Waals surface area contributed by atoms with Gasteiger partial charge in [0, 0.05) is 13.2 Å². The van der Waals surface area contributed by atoms with Crippen molar-refractivity contribution in [1.82, 2.24) is 5.32 Å². The van der Waals surface area contributed by atoms with Gasteiger partial charge in [0.15, 0.2) is 5.75 Å². The average Bonchev–Trinajstić information content (AvgIpc) is 3.16. The lowest BCUT2D eigenvalue weighted by atomic mass is 10.0. The first kappa shape index (κ1) is 13.7. The molecule has 0 heterocycles. The van der Waals surface area contributed by atoms with E-state index < -0.39 is 0 Å². The molecule has 5 nitrogen and oxygen atoms in total. The molecule has 1 aromatic carbocycles. The number of carbonyl (C=O) groups is 1. The van der Waals surface area contributed by atoms with Gasteiger partial charge in [-0.1, -0.05) is 6.07 Å². The van der Waals surface area contributed by atoms with Crippen LogP contribution in [0.15, 0.2) is 18.2 Å². The zero-order chi connectivity index (χ0) is 13.9. The lowest BCUT2D eigenvalue weighted by Crippen LogP contribution is -2.31. The monoisotopic (exact) mass is 264 g/mol. The first-order valence-corrected chi connectivity index (χ1v) is 6.43. The zero-order valence-corrected chi connectivity index (χ0v) is 11.1. The lowest BCUT2D eigenvalue weighted by Gasteiger charge is -2.16. The molecule has 0 atom stereocenters. The number of carbonyl (C=O) groups excluding carboxylic acids is 1. The number of nitrogens with two attached hydrogens (primary N) is 1. The molecule has 1 fully saturated rings. The fourth-order valence-electron chi connectivity index (χ4n) is 2.25. The topological polar surface area (TPSA) is 84.6 Å². The molecule has 1 aliphatic carbocycles. The van der Waals surface area contributed by atoms with Gasteiger partial charge >= 0.3 is 0 Å². The standard InChI is InChI=1S/C14H20N2O3/c1-19-12-10(3-2-4-11(12)15)13(18)16-9-14(5-6-14)7-8-17/h2-4,17H,5-9,15H2,1H3,(H,16,18). The minimum Gasteiger partial charge on any atom is -0.494 e. The molecule has 4 N–H and O–H groups in total. The molecule has 1 saturated carbocycles. The maximum Gasteiger partial charge on any atom is 0.255 e. The molecule has 2 rings (SSSR count). The number of nitrogen functional groups attached to an aromatic ring is 1. The van der Waals surface area contributed by atoms with E-state index in [9.17, 15) is 4.79 Å². The van der Waals surface area contributed by atoms with Crippen LogP contribution in [0, 0.1) is 5.41 Å². The molecule has 0 spiro atoms. The van der Waals surface area contributed by atoms with Gasteiger partial charge in [-0.3, -0.25) is 4.79 Å². The Kier molecular flexibility index (Phi) is 3.95. The minimum atomic E-state index is -0.187. The van der Waals surface area contributed by atoms with Crippen molar-refractivity contribution < 1.29 is 14.6 Å². The van der Waals surface area contributed by atoms with E-state index in [0.29, 0.717) is 23.5 Å². The predicted molar refractivity (Wildman–Crippen MR) is 73.1 cm³/mol. The quantitative estimate of drug-likeness (QED) is 0.673. The second kappa shape index (κ2) is 5.48. The van der Waals surface area contributed by atoms with Gasteiger partial charge in [0.2, 0.25) is 0 Å². The number of hydrogen-bond donors (Lipinski definition) is 3. The van der Waals surface area contributed by atoms with Gasteiger partial charge in [-0.05, 0) is 36.8 Å². The third kappa shape index (κ3) is 2.98. The van der Waals surface area contributed by atoms with Crippen LogP contribution in [-0.2, 0) is 0 Å². The molecule has 0 bridgehead atoms. The molecule has 0 aliphatic heterocycles. The highest BCUT2D eigenvalue weighted by Gasteiger charge is 2.42. The van der Waals surface area contributed by atoms with Crippen molar-refractivity contribution in [3.63, 3.8) is 0 Å². The Morgan fingerprint density at radius 1 is 1.53 bits per heavy atom. The van der Waals surface area contributed by atoms with Gasteiger partial charge in [-0.25, -0.2) is 0 Å². The maximum atomic E-state index is 12.1. The predicted octanol–water partition coefficient (Wildman–Crippen LogP) is 1.17. The summed E-state index contributed by atoms with van der Waals surface area (Å²) in [7, 11) is 1.50. The lowest BCUT2D eigenvalue weighted by molar-refractivity contribution is 0.0938. The van der Waals surface area contributed by atoms with Gasteiger partial charge in [0.05, 0.1) is 18.4 Å². The number of rotatable bonds is 6. The summed E-state index contributed by atoms with van der Waals surface area (Å²) in [5.74, 6) is 0.223. The van der Waals surface area contributed by atoms with Gasteiger partial charge in [-0.15, -0.1) is 0 Å². The molecule has 1 aromatic rings. The smallest absolute Gasteiger partial charge is 0.255 e. The summed E-state index contributed by atoms with van der Waals surface area (Å²) in [6.07, 6.45) is 2.85. The number of amides is 1. The molecule has 0 aromatic heterocycles. The highest BCUT2D eigenvalue weighted by atomic mass is 16.5. The van der Waals surface area contributed by atoms with Crippen LogP contribution in [0.4, 0.5) is 5.69 Å². The van der Waals surface area contributed by atoms with Crippen molar-refractivity contribution in [2.45, 2.75) is 19.3 Å². The van der Waals surface area contributed by atoms with Crippen LogP contribution in [0.2, 0.25) is 0 Å². The van der Waals surface area contributed by atoms with Crippen LogP contribution in [0.25, 0.3) is 0 Å². The molecule has 0 unspecified atom stereocenters. The minimum absolute atomic E-state index is 0.0952. The van der Waals surface area contributed by atoms with E-state index in [4.69, 9.17) is 15.6 Å². The van der Waals surface area contributed by atoms with Crippen LogP contribution in [0.1, 0.15) is 29.6 Å². The Labute approximate surface area is 112 Å². The average molecular weight is 264 g/mol. The number of benzene rings is 1. The van der Waals surface area contributed by atoms with E-state index in [2.05, 4.69) is 5.32 Å². The molecule has 1 aliphatic rings. The van der Waals surface area contributed by atoms with Crippen LogP contribution < -0.4 is 15.8 Å². The Morgan fingerprint density at radius 3 is 2.84 bits per heavy atom. The Balaban J connectivity index is 2.02. The van der Waals surface area contributed by atoms with Crippen molar-refractivity contribution in [3.05, 3.63) is 23.8 Å². The Bertz CT molecular complexity index is 470. The number of nitrogens with one attached hydrogen (secondary N) is 1. The van der Waals surface area contributed by atoms with E-state index >= 15 is 0 Å². The largest absolute Gasteiger partial charge is 0.494 e. The second-order valence-corrected chi connectivity index (χ2v) is 5.08. The van der Waals surface area contributed by atoms with Crippen LogP contribution >= 0.6 is 0 Å². The molecule has 1 amide bonds. The van der Waals surface area contributed by atoms with Crippen molar-refractivity contribution in [1.29, 1.82) is 0 Å². The number of para-hydroxylation sites is 1. The fourth-order valence-corrected chi connectivity index (χ4v) is 2.25. The third-order valence-corrected chi connectivity index (χ3v) is 3.72. The summed E-state index contributed by atoms with van der Waals surface area (Å²) in [6, 6.07) is 5.12. The van der Waals surface area contributed by atoms with Crippen molar-refractivity contribution >= 4 is 11.6 Å². The molecular weight excluding hydrogens is 244 g/mol. The number of aliphatic hydroxyl groups excluding tert-OH is 1. The number of hydrogen-bond acceptors (Lipinski definition) is 4. The van der Waals surface area contributed by atoms with Crippen molar-refractivity contribution in [2.24, 2.45) is 5.41 Å². The second-order valence-electron chi connectivity index (χ2n) is 5.08. The first-order valence-electron chi connectivity index (χ1n) is 6.43. The highest BCUT2D eigenvalue weighted by molar-refractivity contribution is 5.98. The molecule has 0 radical (unpaired) electrons. The maximum absolute atomic E-state index is 12.1. The van der Waals surface area contributed by atoms with E-state index in [1.165, 1.54) is 7.11 Å². The highest BCUT2D eigenvalue weighted by Crippen LogP contribution is 2.47. The molecule has 19 heavy (non-hydrogen) atoms. The summed E-state index contributed by atoms with van der Waals surface area (Å²) < 4.78 is 5.17. The number of anilines is 1. The number of ether oxygens (including phenoxy) is 1. The number of aliphatic hydroxyl groups is 1. The number of methoxy groups -OCH3 is 1. The van der Waals surface area contributed by atoms with E-state index in [1.54, 1.807) is 18.2 Å². The summed E-state index contributed by atoms with van der Waals surface area (Å²) >= 11 is 0. The van der Waals surface area contributed by atoms with E-state index in [0.717, 1.165) is 19.3 Å². The van der Waals surface area contributed by atoms with Gasteiger partial charge in [0.1, 0.15) is 0 Å². The molecular formula is C14H20N2O3. The Hall–Kier alpha value is -1.75. The van der Waals surface area contributed by atoms with Crippen molar-refractivity contribution in [3.8, 4) is 5.75 Å². The fraction of sp³-hybridized carbons (Fsp3) is 0.500. The summed E-state index contributed by atoms with van der Waals surface area (Å²) in [5, 5.41) is 11.9. The normalized spacial score (nSPS) is 15.9. The van der Waals surface area contributed by atoms with Gasteiger partial charge < -0.3 is 20.9 Å². The van der Waals surface area contributed by atoms with Gasteiger partial charge in [0.25, 0.3) is 5.91 Å². The Morgan fingerprint density at radius 2 is 2.26 bits per heavy atom. The van der Waals surface area contributed by atoms with E-state index in [1.807, 2.05) is 0 Å². The SMILES string of the molecule is COc1c(N)cccc1C(=O)NCC1(CCO)CC1. The zero-order valence-electron chi connectivity index (χ0n) is 11.1. The van der Waals surface area contributed by atoms with E-state index in [-0.39, 0.29) is 17.9 Å². The van der Waals surface area contributed by atoms with Gasteiger partial charge in [-0.2, -0.15) is 0 Å². The third-order valence-electron chi connectivity index (χ3n) is 3.72. The first-order chi connectivity index (χ1) is 9.12. The molecule has 5 heteroatoms. The molecule has 104 valence electrons. The summed E-state index contributed by atoms with van der Waals surface area (Å²) in [4.78, 5) is 12.1. The molecule has 0 saturated heterocycles. The van der Waals surface area contributed by atoms with Crippen LogP contribution in [0.3, 0.4) is 0 Å². The van der Waals surface area contributed by atoms with Crippen LogP contribution in [-0.4, -0.2) is 31.3 Å². The van der Waals surface area contributed by atoms with Crippen LogP contribution in [0.5, 0.6) is 5.75 Å². The summed E-state index contributed by atoms with van der Waals surface area (Å²) in [5.41, 5.74) is 6.77.